The first-order valence-corrected chi connectivity index (χ1v) is 9.69. The van der Waals surface area contributed by atoms with E-state index >= 15 is 0 Å². The van der Waals surface area contributed by atoms with E-state index in [4.69, 9.17) is 15.6 Å². The van der Waals surface area contributed by atoms with E-state index in [1.54, 1.807) is 12.1 Å². The Morgan fingerprint density at radius 1 is 1.33 bits per heavy atom. The summed E-state index contributed by atoms with van der Waals surface area (Å²) in [6.07, 6.45) is 0. The molecule has 0 aliphatic carbocycles. The highest BCUT2D eigenvalue weighted by molar-refractivity contribution is 6.76. The third kappa shape index (κ3) is 5.33. The first-order chi connectivity index (χ1) is 8.28. The summed E-state index contributed by atoms with van der Waals surface area (Å²) in [7, 11) is -1.18. The fraction of sp³-hybridized carbons (Fsp3) is 0.462. The Balaban J connectivity index is 2.62. The Hall–Kier alpha value is -1.33. The van der Waals surface area contributed by atoms with Crippen molar-refractivity contribution in [1.29, 1.82) is 0 Å². The average Bonchev–Trinajstić information content (AvgIpc) is 2.24. The molecule has 0 saturated heterocycles. The molecule has 1 unspecified atom stereocenters. The minimum atomic E-state index is -1.18. The number of benzene rings is 1. The molecule has 1 aromatic carbocycles. The van der Waals surface area contributed by atoms with Crippen LogP contribution < -0.4 is 10.5 Å². The Labute approximate surface area is 109 Å². The molecule has 0 bridgehead atoms. The van der Waals surface area contributed by atoms with Gasteiger partial charge in [0.25, 0.3) is 0 Å². The molecule has 4 nitrogen and oxygen atoms in total. The lowest BCUT2D eigenvalue weighted by atomic mass is 10.1. The molecule has 0 saturated carbocycles. The standard InChI is InChI=1S/C13H21NO3Si/c1-18(2,3)9-12(14)10-4-6-11(7-5-10)17-8-13(15)16/h4-7,12H,8-9,14H2,1-3H3,(H,15,16). The molecule has 0 radical (unpaired) electrons. The van der Waals surface area contributed by atoms with Gasteiger partial charge in [0.1, 0.15) is 5.75 Å². The summed E-state index contributed by atoms with van der Waals surface area (Å²) in [5.74, 6) is -0.420. The van der Waals surface area contributed by atoms with Crippen molar-refractivity contribution >= 4 is 14.0 Å². The van der Waals surface area contributed by atoms with Crippen LogP contribution in [0.5, 0.6) is 5.75 Å². The molecule has 1 atom stereocenters. The summed E-state index contributed by atoms with van der Waals surface area (Å²) in [4.78, 5) is 10.4. The molecule has 0 aromatic heterocycles. The zero-order valence-electron chi connectivity index (χ0n) is 11.1. The quantitative estimate of drug-likeness (QED) is 0.777. The number of hydrogen-bond donors (Lipinski definition) is 2. The van der Waals surface area contributed by atoms with E-state index in [0.717, 1.165) is 11.6 Å². The van der Waals surface area contributed by atoms with Crippen LogP contribution in [0.15, 0.2) is 24.3 Å². The summed E-state index contributed by atoms with van der Waals surface area (Å²) in [5, 5.41) is 8.50. The van der Waals surface area contributed by atoms with E-state index in [-0.39, 0.29) is 12.6 Å². The summed E-state index contributed by atoms with van der Waals surface area (Å²) in [6, 6.07) is 8.42. The number of ether oxygens (including phenoxy) is 1. The lowest BCUT2D eigenvalue weighted by molar-refractivity contribution is -0.139. The van der Waals surface area contributed by atoms with Crippen LogP contribution in [-0.2, 0) is 4.79 Å². The molecule has 18 heavy (non-hydrogen) atoms. The van der Waals surface area contributed by atoms with Gasteiger partial charge in [0.2, 0.25) is 0 Å². The Morgan fingerprint density at radius 3 is 2.33 bits per heavy atom. The topological polar surface area (TPSA) is 72.5 Å². The van der Waals surface area contributed by atoms with Crippen LogP contribution in [0.1, 0.15) is 11.6 Å². The minimum absolute atomic E-state index is 0.0465. The summed E-state index contributed by atoms with van der Waals surface area (Å²) < 4.78 is 5.07. The van der Waals surface area contributed by atoms with Crippen LogP contribution >= 0.6 is 0 Å². The van der Waals surface area contributed by atoms with Gasteiger partial charge in [0.05, 0.1) is 0 Å². The van der Waals surface area contributed by atoms with Crippen LogP contribution in [0.25, 0.3) is 0 Å². The normalized spacial score (nSPS) is 13.1. The molecule has 1 aromatic rings. The van der Waals surface area contributed by atoms with Crippen LogP contribution in [-0.4, -0.2) is 25.8 Å². The average molecular weight is 267 g/mol. The van der Waals surface area contributed by atoms with Gasteiger partial charge in [-0.25, -0.2) is 4.79 Å². The van der Waals surface area contributed by atoms with Crippen molar-refractivity contribution in [2.75, 3.05) is 6.61 Å². The molecule has 5 heteroatoms. The van der Waals surface area contributed by atoms with Gasteiger partial charge in [-0.3, -0.25) is 0 Å². The first-order valence-electron chi connectivity index (χ1n) is 5.98. The van der Waals surface area contributed by atoms with Crippen LogP contribution in [0, 0.1) is 0 Å². The van der Waals surface area contributed by atoms with E-state index in [1.165, 1.54) is 0 Å². The maximum atomic E-state index is 10.4. The van der Waals surface area contributed by atoms with Crippen LogP contribution in [0.4, 0.5) is 0 Å². The highest BCUT2D eigenvalue weighted by Gasteiger charge is 2.18. The smallest absolute Gasteiger partial charge is 0.341 e. The summed E-state index contributed by atoms with van der Waals surface area (Å²) >= 11 is 0. The lowest BCUT2D eigenvalue weighted by Gasteiger charge is -2.21. The number of rotatable bonds is 6. The van der Waals surface area contributed by atoms with Crippen LogP contribution in [0.2, 0.25) is 25.7 Å². The largest absolute Gasteiger partial charge is 0.482 e. The highest BCUT2D eigenvalue weighted by Crippen LogP contribution is 2.23. The molecule has 0 aliphatic heterocycles. The molecule has 1 rings (SSSR count). The zero-order valence-corrected chi connectivity index (χ0v) is 12.1. The Morgan fingerprint density at radius 2 is 1.89 bits per heavy atom. The van der Waals surface area contributed by atoms with E-state index in [2.05, 4.69) is 19.6 Å². The van der Waals surface area contributed by atoms with Crippen molar-refractivity contribution in [3.05, 3.63) is 29.8 Å². The first kappa shape index (κ1) is 14.7. The van der Waals surface area contributed by atoms with E-state index in [9.17, 15) is 4.79 Å². The van der Waals surface area contributed by atoms with Crippen molar-refractivity contribution in [1.82, 2.24) is 0 Å². The van der Waals surface area contributed by atoms with Crippen molar-refractivity contribution in [3.63, 3.8) is 0 Å². The predicted molar refractivity (Wildman–Crippen MR) is 74.7 cm³/mol. The number of carbonyl (C=O) groups is 1. The maximum absolute atomic E-state index is 10.4. The molecule has 0 heterocycles. The second-order valence-corrected chi connectivity index (χ2v) is 11.2. The van der Waals surface area contributed by atoms with Crippen molar-refractivity contribution in [2.24, 2.45) is 5.73 Å². The van der Waals surface area contributed by atoms with Gasteiger partial charge in [-0.15, -0.1) is 0 Å². The maximum Gasteiger partial charge on any atom is 0.341 e. The predicted octanol–water partition coefficient (Wildman–Crippen LogP) is 2.49. The molecular formula is C13H21NO3Si. The minimum Gasteiger partial charge on any atom is -0.482 e. The SMILES string of the molecule is C[Si](C)(C)CC(N)c1ccc(OCC(=O)O)cc1. The van der Waals surface area contributed by atoms with Gasteiger partial charge < -0.3 is 15.6 Å². The number of carboxylic acid groups (broad SMARTS) is 1. The second-order valence-electron chi connectivity index (χ2n) is 5.62. The molecule has 0 spiro atoms. The number of aliphatic carboxylic acids is 1. The molecule has 0 amide bonds. The lowest BCUT2D eigenvalue weighted by Crippen LogP contribution is -2.26. The number of hydrogen-bond acceptors (Lipinski definition) is 3. The number of nitrogens with two attached hydrogens (primary N) is 1. The number of carboxylic acids is 1. The van der Waals surface area contributed by atoms with Crippen molar-refractivity contribution in [2.45, 2.75) is 31.7 Å². The van der Waals surface area contributed by atoms with Gasteiger partial charge in [-0.1, -0.05) is 31.8 Å². The molecule has 0 aliphatic rings. The van der Waals surface area contributed by atoms with E-state index in [0.29, 0.717) is 5.75 Å². The van der Waals surface area contributed by atoms with Gasteiger partial charge in [-0.05, 0) is 23.7 Å². The zero-order chi connectivity index (χ0) is 13.8. The molecular weight excluding hydrogens is 246 g/mol. The third-order valence-electron chi connectivity index (χ3n) is 2.50. The fourth-order valence-corrected chi connectivity index (χ4v) is 3.29. The summed E-state index contributed by atoms with van der Waals surface area (Å²) in [6.45, 7) is 6.55. The van der Waals surface area contributed by atoms with Crippen molar-refractivity contribution in [3.8, 4) is 5.75 Å². The van der Waals surface area contributed by atoms with Gasteiger partial charge in [-0.2, -0.15) is 0 Å². The van der Waals surface area contributed by atoms with Crippen LogP contribution in [0.3, 0.4) is 0 Å². The molecule has 3 N–H and O–H groups in total. The van der Waals surface area contributed by atoms with Gasteiger partial charge >= 0.3 is 5.97 Å². The van der Waals surface area contributed by atoms with E-state index in [1.807, 2.05) is 12.1 Å². The summed E-state index contributed by atoms with van der Waals surface area (Å²) in [5.41, 5.74) is 7.22. The van der Waals surface area contributed by atoms with Crippen molar-refractivity contribution < 1.29 is 14.6 Å². The molecule has 0 fully saturated rings. The Kier molecular flexibility index (Phi) is 4.92. The second kappa shape index (κ2) is 6.02. The Bertz CT molecular complexity index is 398. The fourth-order valence-electron chi connectivity index (χ4n) is 1.73. The van der Waals surface area contributed by atoms with Gasteiger partial charge in [0.15, 0.2) is 6.61 Å². The third-order valence-corrected chi connectivity index (χ3v) is 4.17. The van der Waals surface area contributed by atoms with Gasteiger partial charge in [0, 0.05) is 14.1 Å². The molecule has 100 valence electrons. The monoisotopic (exact) mass is 267 g/mol. The van der Waals surface area contributed by atoms with E-state index < -0.39 is 14.0 Å². The highest BCUT2D eigenvalue weighted by atomic mass is 28.3.